The third-order valence-electron chi connectivity index (χ3n) is 3.35. The van der Waals surface area contributed by atoms with Crippen LogP contribution in [0.3, 0.4) is 0 Å². The third kappa shape index (κ3) is 3.95. The monoisotopic (exact) mass is 296 g/mol. The van der Waals surface area contributed by atoms with E-state index < -0.39 is 11.8 Å². The number of para-hydroxylation sites is 1. The second kappa shape index (κ2) is 6.89. The zero-order valence-corrected chi connectivity index (χ0v) is 13.0. The Labute approximate surface area is 130 Å². The van der Waals surface area contributed by atoms with Crippen LogP contribution in [0.1, 0.15) is 30.9 Å². The lowest BCUT2D eigenvalue weighted by Crippen LogP contribution is -2.29. The Balaban J connectivity index is 2.06. The minimum atomic E-state index is -0.678. The molecular formula is C18H20N2O2. The molecule has 0 aromatic heterocycles. The van der Waals surface area contributed by atoms with Crippen molar-refractivity contribution in [3.8, 4) is 0 Å². The first-order chi connectivity index (χ1) is 10.5. The van der Waals surface area contributed by atoms with E-state index in [-0.39, 0.29) is 5.92 Å². The Kier molecular flexibility index (Phi) is 4.94. The summed E-state index contributed by atoms with van der Waals surface area (Å²) in [6.45, 7) is 6.04. The summed E-state index contributed by atoms with van der Waals surface area (Å²) in [5.74, 6) is -1.09. The number of aryl methyl sites for hydroxylation is 1. The van der Waals surface area contributed by atoms with Gasteiger partial charge in [-0.05, 0) is 36.6 Å². The lowest BCUT2D eigenvalue weighted by molar-refractivity contribution is -0.133. The van der Waals surface area contributed by atoms with Gasteiger partial charge in [0.1, 0.15) is 0 Å². The Morgan fingerprint density at radius 1 is 0.864 bits per heavy atom. The van der Waals surface area contributed by atoms with Gasteiger partial charge in [-0.15, -0.1) is 0 Å². The second-order valence-corrected chi connectivity index (χ2v) is 5.52. The number of hydrogen-bond acceptors (Lipinski definition) is 2. The summed E-state index contributed by atoms with van der Waals surface area (Å²) < 4.78 is 0. The van der Waals surface area contributed by atoms with Crippen LogP contribution in [0.2, 0.25) is 0 Å². The minimum absolute atomic E-state index is 0.261. The van der Waals surface area contributed by atoms with Gasteiger partial charge in [0.2, 0.25) is 0 Å². The molecule has 4 nitrogen and oxygen atoms in total. The molecule has 114 valence electrons. The summed E-state index contributed by atoms with van der Waals surface area (Å²) in [4.78, 5) is 24.0. The van der Waals surface area contributed by atoms with Crippen molar-refractivity contribution in [3.05, 3.63) is 59.7 Å². The summed E-state index contributed by atoms with van der Waals surface area (Å²) in [5.41, 5.74) is 3.36. The van der Waals surface area contributed by atoms with E-state index in [1.54, 1.807) is 18.2 Å². The molecule has 0 unspecified atom stereocenters. The van der Waals surface area contributed by atoms with Gasteiger partial charge in [-0.1, -0.05) is 49.7 Å². The van der Waals surface area contributed by atoms with Crippen molar-refractivity contribution in [2.24, 2.45) is 0 Å². The van der Waals surface area contributed by atoms with E-state index >= 15 is 0 Å². The molecule has 0 bridgehead atoms. The van der Waals surface area contributed by atoms with E-state index in [2.05, 4.69) is 10.6 Å². The van der Waals surface area contributed by atoms with E-state index in [1.165, 1.54) is 0 Å². The fraction of sp³-hybridized carbons (Fsp3) is 0.222. The first-order valence-corrected chi connectivity index (χ1v) is 7.25. The van der Waals surface area contributed by atoms with Gasteiger partial charge in [0, 0.05) is 11.4 Å². The number of carbonyl (C=O) groups excluding carboxylic acids is 2. The molecule has 2 rings (SSSR count). The normalized spacial score (nSPS) is 10.4. The highest BCUT2D eigenvalue weighted by atomic mass is 16.2. The molecule has 4 heteroatoms. The van der Waals surface area contributed by atoms with Crippen LogP contribution in [-0.2, 0) is 9.59 Å². The summed E-state index contributed by atoms with van der Waals surface area (Å²) in [7, 11) is 0. The number of nitrogens with one attached hydrogen (secondary N) is 2. The number of rotatable bonds is 3. The van der Waals surface area contributed by atoms with Crippen molar-refractivity contribution in [1.82, 2.24) is 0 Å². The van der Waals surface area contributed by atoms with E-state index in [4.69, 9.17) is 0 Å². The van der Waals surface area contributed by atoms with Crippen molar-refractivity contribution in [2.45, 2.75) is 26.7 Å². The number of anilines is 2. The maximum Gasteiger partial charge on any atom is 0.314 e. The molecule has 2 amide bonds. The van der Waals surface area contributed by atoms with E-state index in [9.17, 15) is 9.59 Å². The Morgan fingerprint density at radius 3 is 2.09 bits per heavy atom. The molecule has 0 aliphatic heterocycles. The van der Waals surface area contributed by atoms with Crippen LogP contribution in [-0.4, -0.2) is 11.8 Å². The van der Waals surface area contributed by atoms with Crippen LogP contribution in [0.25, 0.3) is 0 Å². The van der Waals surface area contributed by atoms with Crippen molar-refractivity contribution in [3.63, 3.8) is 0 Å². The van der Waals surface area contributed by atoms with Crippen LogP contribution in [0.5, 0.6) is 0 Å². The molecule has 0 aliphatic rings. The van der Waals surface area contributed by atoms with Crippen LogP contribution in [0.4, 0.5) is 11.4 Å². The molecule has 0 radical (unpaired) electrons. The van der Waals surface area contributed by atoms with Crippen LogP contribution in [0.15, 0.2) is 48.5 Å². The standard InChI is InChI=1S/C18H20N2O2/c1-12(2)15-6-4-5-7-16(15)20-18(22)17(21)19-14-10-8-13(3)9-11-14/h4-12H,1-3H3,(H,19,21)(H,20,22). The Morgan fingerprint density at radius 2 is 1.45 bits per heavy atom. The molecule has 2 aromatic carbocycles. The predicted octanol–water partition coefficient (Wildman–Crippen LogP) is 3.70. The van der Waals surface area contributed by atoms with Gasteiger partial charge < -0.3 is 10.6 Å². The largest absolute Gasteiger partial charge is 0.318 e. The fourth-order valence-electron chi connectivity index (χ4n) is 2.12. The van der Waals surface area contributed by atoms with Crippen molar-refractivity contribution >= 4 is 23.2 Å². The second-order valence-electron chi connectivity index (χ2n) is 5.52. The van der Waals surface area contributed by atoms with Gasteiger partial charge in [0.05, 0.1) is 0 Å². The average Bonchev–Trinajstić information content (AvgIpc) is 2.49. The average molecular weight is 296 g/mol. The molecular weight excluding hydrogens is 276 g/mol. The van der Waals surface area contributed by atoms with E-state index in [0.717, 1.165) is 11.1 Å². The third-order valence-corrected chi connectivity index (χ3v) is 3.35. The molecule has 0 aliphatic carbocycles. The Bertz CT molecular complexity index is 676. The SMILES string of the molecule is Cc1ccc(NC(=O)C(=O)Nc2ccccc2C(C)C)cc1. The first kappa shape index (κ1) is 15.8. The highest BCUT2D eigenvalue weighted by Crippen LogP contribution is 2.23. The molecule has 0 fully saturated rings. The number of benzene rings is 2. The van der Waals surface area contributed by atoms with Gasteiger partial charge in [0.15, 0.2) is 0 Å². The van der Waals surface area contributed by atoms with Crippen molar-refractivity contribution in [2.75, 3.05) is 10.6 Å². The fourth-order valence-corrected chi connectivity index (χ4v) is 2.12. The minimum Gasteiger partial charge on any atom is -0.318 e. The molecule has 2 N–H and O–H groups in total. The quantitative estimate of drug-likeness (QED) is 0.849. The Hall–Kier alpha value is -2.62. The lowest BCUT2D eigenvalue weighted by Gasteiger charge is -2.13. The van der Waals surface area contributed by atoms with Crippen LogP contribution < -0.4 is 10.6 Å². The van der Waals surface area contributed by atoms with Gasteiger partial charge in [0.25, 0.3) is 0 Å². The molecule has 0 saturated carbocycles. The lowest BCUT2D eigenvalue weighted by atomic mass is 10.0. The molecule has 0 spiro atoms. The van der Waals surface area contributed by atoms with Gasteiger partial charge in [-0.25, -0.2) is 0 Å². The van der Waals surface area contributed by atoms with Crippen LogP contribution in [0, 0.1) is 6.92 Å². The van der Waals surface area contributed by atoms with Crippen molar-refractivity contribution in [1.29, 1.82) is 0 Å². The van der Waals surface area contributed by atoms with Gasteiger partial charge in [-0.2, -0.15) is 0 Å². The van der Waals surface area contributed by atoms with Gasteiger partial charge in [-0.3, -0.25) is 9.59 Å². The highest BCUT2D eigenvalue weighted by Gasteiger charge is 2.16. The predicted molar refractivity (Wildman–Crippen MR) is 89.0 cm³/mol. The summed E-state index contributed by atoms with van der Waals surface area (Å²) in [6, 6.07) is 14.8. The molecule has 22 heavy (non-hydrogen) atoms. The molecule has 0 saturated heterocycles. The maximum absolute atomic E-state index is 12.0. The zero-order valence-electron chi connectivity index (χ0n) is 13.0. The summed E-state index contributed by atoms with van der Waals surface area (Å²) in [5, 5.41) is 5.26. The van der Waals surface area contributed by atoms with Gasteiger partial charge >= 0.3 is 11.8 Å². The smallest absolute Gasteiger partial charge is 0.314 e. The molecule has 0 atom stereocenters. The van der Waals surface area contributed by atoms with Crippen molar-refractivity contribution < 1.29 is 9.59 Å². The summed E-state index contributed by atoms with van der Waals surface area (Å²) in [6.07, 6.45) is 0. The molecule has 2 aromatic rings. The number of carbonyl (C=O) groups is 2. The summed E-state index contributed by atoms with van der Waals surface area (Å²) >= 11 is 0. The number of amides is 2. The zero-order chi connectivity index (χ0) is 16.1. The highest BCUT2D eigenvalue weighted by molar-refractivity contribution is 6.43. The van der Waals surface area contributed by atoms with E-state index in [1.807, 2.05) is 51.1 Å². The number of hydrogen-bond donors (Lipinski definition) is 2. The molecule has 0 heterocycles. The topological polar surface area (TPSA) is 58.2 Å². The first-order valence-electron chi connectivity index (χ1n) is 7.25. The van der Waals surface area contributed by atoms with Crippen LogP contribution >= 0.6 is 0 Å². The maximum atomic E-state index is 12.0. The van der Waals surface area contributed by atoms with E-state index in [0.29, 0.717) is 11.4 Å².